The molecule has 0 aliphatic carbocycles. The maximum atomic E-state index is 12.9. The van der Waals surface area contributed by atoms with Gasteiger partial charge < -0.3 is 10.1 Å². The fourth-order valence-electron chi connectivity index (χ4n) is 2.99. The van der Waals surface area contributed by atoms with Crippen LogP contribution in [0.5, 0.6) is 5.75 Å². The molecule has 0 aliphatic heterocycles. The van der Waals surface area contributed by atoms with Crippen molar-refractivity contribution in [2.24, 2.45) is 0 Å². The van der Waals surface area contributed by atoms with Crippen LogP contribution in [0, 0.1) is 20.8 Å². The average Bonchev–Trinajstić information content (AvgIpc) is 2.70. The molecule has 0 spiro atoms. The van der Waals surface area contributed by atoms with Crippen molar-refractivity contribution in [2.45, 2.75) is 25.7 Å². The smallest absolute Gasteiger partial charge is 0.261 e. The van der Waals surface area contributed by atoms with E-state index in [1.165, 1.54) is 25.3 Å². The van der Waals surface area contributed by atoms with E-state index in [1.807, 2.05) is 39.0 Å². The Labute approximate surface area is 177 Å². The zero-order valence-electron chi connectivity index (χ0n) is 17.3. The Morgan fingerprint density at radius 3 is 2.27 bits per heavy atom. The summed E-state index contributed by atoms with van der Waals surface area (Å²) in [5.41, 5.74) is 4.11. The van der Waals surface area contributed by atoms with Gasteiger partial charge in [0.1, 0.15) is 5.75 Å². The third-order valence-electron chi connectivity index (χ3n) is 4.88. The van der Waals surface area contributed by atoms with Crippen molar-refractivity contribution in [1.29, 1.82) is 0 Å². The number of carbonyl (C=O) groups excluding carboxylic acids is 1. The number of carbonyl (C=O) groups is 1. The van der Waals surface area contributed by atoms with E-state index in [9.17, 15) is 13.2 Å². The van der Waals surface area contributed by atoms with Gasteiger partial charge in [-0.05, 0) is 73.9 Å². The summed E-state index contributed by atoms with van der Waals surface area (Å²) >= 11 is 0. The lowest BCUT2D eigenvalue weighted by molar-refractivity contribution is 0.102. The first-order valence-corrected chi connectivity index (χ1v) is 10.8. The highest BCUT2D eigenvalue weighted by Gasteiger charge is 2.19. The molecule has 2 N–H and O–H groups in total. The largest absolute Gasteiger partial charge is 0.495 e. The van der Waals surface area contributed by atoms with Gasteiger partial charge in [-0.15, -0.1) is 0 Å². The first kappa shape index (κ1) is 21.4. The van der Waals surface area contributed by atoms with Crippen LogP contribution in [0.4, 0.5) is 11.4 Å². The molecule has 6 nitrogen and oxygen atoms in total. The van der Waals surface area contributed by atoms with E-state index in [-0.39, 0.29) is 16.5 Å². The second-order valence-electron chi connectivity index (χ2n) is 7.04. The van der Waals surface area contributed by atoms with Gasteiger partial charge in [0.05, 0.1) is 17.7 Å². The summed E-state index contributed by atoms with van der Waals surface area (Å²) in [6, 6.07) is 16.8. The van der Waals surface area contributed by atoms with Gasteiger partial charge in [-0.25, -0.2) is 8.42 Å². The molecule has 0 saturated carbocycles. The summed E-state index contributed by atoms with van der Waals surface area (Å²) in [6.07, 6.45) is 0. The molecule has 0 fully saturated rings. The summed E-state index contributed by atoms with van der Waals surface area (Å²) in [5, 5.41) is 2.76. The van der Waals surface area contributed by atoms with Crippen molar-refractivity contribution >= 4 is 27.3 Å². The molecule has 0 aliphatic rings. The third kappa shape index (κ3) is 4.63. The van der Waals surface area contributed by atoms with E-state index in [0.717, 1.165) is 16.7 Å². The standard InChI is InChI=1S/C23H24N2O4S/c1-15-9-10-18(13-17(15)3)25-30(27,28)19-11-12-22(29-4)21(14-19)24-23(26)20-8-6-5-7-16(20)2/h5-14,25H,1-4H3,(H,24,26). The maximum Gasteiger partial charge on any atom is 0.261 e. The molecule has 3 aromatic rings. The number of amides is 1. The van der Waals surface area contributed by atoms with Crippen LogP contribution in [0.25, 0.3) is 0 Å². The van der Waals surface area contributed by atoms with Crippen molar-refractivity contribution in [3.8, 4) is 5.75 Å². The molecule has 1 amide bonds. The van der Waals surface area contributed by atoms with Gasteiger partial charge in [0.2, 0.25) is 0 Å². The molecule has 0 atom stereocenters. The molecular formula is C23H24N2O4S. The Hall–Kier alpha value is -3.32. The van der Waals surface area contributed by atoms with Gasteiger partial charge in [0.15, 0.2) is 0 Å². The Morgan fingerprint density at radius 1 is 0.867 bits per heavy atom. The van der Waals surface area contributed by atoms with Crippen LogP contribution in [-0.2, 0) is 10.0 Å². The SMILES string of the molecule is COc1ccc(S(=O)(=O)Nc2ccc(C)c(C)c2)cc1NC(=O)c1ccccc1C. The van der Waals surface area contributed by atoms with Crippen LogP contribution in [0.3, 0.4) is 0 Å². The van der Waals surface area contributed by atoms with Crippen molar-refractivity contribution in [2.75, 3.05) is 17.1 Å². The average molecular weight is 425 g/mol. The van der Waals surface area contributed by atoms with Gasteiger partial charge >= 0.3 is 0 Å². The zero-order valence-corrected chi connectivity index (χ0v) is 18.1. The first-order chi connectivity index (χ1) is 14.2. The molecule has 0 bridgehead atoms. The van der Waals surface area contributed by atoms with Gasteiger partial charge in [-0.1, -0.05) is 24.3 Å². The number of hydrogen-bond donors (Lipinski definition) is 2. The molecule has 0 aromatic heterocycles. The summed E-state index contributed by atoms with van der Waals surface area (Å²) in [6.45, 7) is 5.71. The second-order valence-corrected chi connectivity index (χ2v) is 8.72. The lowest BCUT2D eigenvalue weighted by Gasteiger charge is -2.14. The molecule has 3 aromatic carbocycles. The molecule has 7 heteroatoms. The number of hydrogen-bond acceptors (Lipinski definition) is 4. The van der Waals surface area contributed by atoms with E-state index in [1.54, 1.807) is 24.3 Å². The highest BCUT2D eigenvalue weighted by Crippen LogP contribution is 2.29. The molecule has 0 heterocycles. The predicted molar refractivity (Wildman–Crippen MR) is 119 cm³/mol. The van der Waals surface area contributed by atoms with Crippen LogP contribution in [0.2, 0.25) is 0 Å². The summed E-state index contributed by atoms with van der Waals surface area (Å²) in [7, 11) is -2.40. The van der Waals surface area contributed by atoms with Crippen LogP contribution in [-0.4, -0.2) is 21.4 Å². The number of ether oxygens (including phenoxy) is 1. The van der Waals surface area contributed by atoms with Crippen LogP contribution < -0.4 is 14.8 Å². The zero-order chi connectivity index (χ0) is 21.9. The van der Waals surface area contributed by atoms with Gasteiger partial charge in [0, 0.05) is 11.3 Å². The van der Waals surface area contributed by atoms with E-state index < -0.39 is 10.0 Å². The van der Waals surface area contributed by atoms with Crippen LogP contribution in [0.15, 0.2) is 65.6 Å². The van der Waals surface area contributed by atoms with Crippen molar-refractivity contribution in [1.82, 2.24) is 0 Å². The van der Waals surface area contributed by atoms with Crippen molar-refractivity contribution in [3.63, 3.8) is 0 Å². The Balaban J connectivity index is 1.92. The number of anilines is 2. The number of benzene rings is 3. The Morgan fingerprint density at radius 2 is 1.60 bits per heavy atom. The van der Waals surface area contributed by atoms with E-state index in [2.05, 4.69) is 10.0 Å². The molecule has 0 saturated heterocycles. The molecular weight excluding hydrogens is 400 g/mol. The monoisotopic (exact) mass is 424 g/mol. The lowest BCUT2D eigenvalue weighted by atomic mass is 10.1. The fourth-order valence-corrected chi connectivity index (χ4v) is 4.06. The Kier molecular flexibility index (Phi) is 6.12. The van der Waals surface area contributed by atoms with E-state index in [4.69, 9.17) is 4.74 Å². The van der Waals surface area contributed by atoms with Crippen molar-refractivity contribution in [3.05, 3.63) is 82.9 Å². The highest BCUT2D eigenvalue weighted by atomic mass is 32.2. The Bertz CT molecular complexity index is 1200. The van der Waals surface area contributed by atoms with Gasteiger partial charge in [-0.3, -0.25) is 9.52 Å². The minimum absolute atomic E-state index is 0.0154. The first-order valence-electron chi connectivity index (χ1n) is 9.36. The molecule has 3 rings (SSSR count). The molecule has 0 radical (unpaired) electrons. The van der Waals surface area contributed by atoms with Crippen LogP contribution in [0.1, 0.15) is 27.0 Å². The number of nitrogens with one attached hydrogen (secondary N) is 2. The summed E-state index contributed by atoms with van der Waals surface area (Å²) in [4.78, 5) is 12.7. The highest BCUT2D eigenvalue weighted by molar-refractivity contribution is 7.92. The topological polar surface area (TPSA) is 84.5 Å². The quantitative estimate of drug-likeness (QED) is 0.602. The summed E-state index contributed by atoms with van der Waals surface area (Å²) in [5.74, 6) is 0.0186. The van der Waals surface area contributed by atoms with Crippen LogP contribution >= 0.6 is 0 Å². The lowest BCUT2D eigenvalue weighted by Crippen LogP contribution is -2.16. The van der Waals surface area contributed by atoms with E-state index >= 15 is 0 Å². The molecule has 30 heavy (non-hydrogen) atoms. The number of rotatable bonds is 6. The minimum Gasteiger partial charge on any atom is -0.495 e. The number of methoxy groups -OCH3 is 1. The molecule has 156 valence electrons. The number of sulfonamides is 1. The molecule has 0 unspecified atom stereocenters. The second kappa shape index (κ2) is 8.59. The minimum atomic E-state index is -3.86. The van der Waals surface area contributed by atoms with E-state index in [0.29, 0.717) is 17.0 Å². The van der Waals surface area contributed by atoms with Gasteiger partial charge in [-0.2, -0.15) is 0 Å². The van der Waals surface area contributed by atoms with Crippen molar-refractivity contribution < 1.29 is 17.9 Å². The normalized spacial score (nSPS) is 11.1. The summed E-state index contributed by atoms with van der Waals surface area (Å²) < 4.78 is 33.7. The predicted octanol–water partition coefficient (Wildman–Crippen LogP) is 4.67. The van der Waals surface area contributed by atoms with Gasteiger partial charge in [0.25, 0.3) is 15.9 Å². The maximum absolute atomic E-state index is 12.9. The fraction of sp³-hybridized carbons (Fsp3) is 0.174. The third-order valence-corrected chi connectivity index (χ3v) is 6.26. The number of aryl methyl sites for hydroxylation is 3.